The van der Waals surface area contributed by atoms with Gasteiger partial charge in [-0.05, 0) is 18.2 Å². The number of carbonyl (C=O) groups is 1. The van der Waals surface area contributed by atoms with Crippen LogP contribution >= 0.6 is 0 Å². The maximum Gasteiger partial charge on any atom is 0.247 e. The van der Waals surface area contributed by atoms with Gasteiger partial charge in [0.2, 0.25) is 5.91 Å². The quantitative estimate of drug-likeness (QED) is 0.354. The summed E-state index contributed by atoms with van der Waals surface area (Å²) in [6.07, 6.45) is 3.03. The van der Waals surface area contributed by atoms with Crippen LogP contribution in [-0.4, -0.2) is 79.9 Å². The Bertz CT molecular complexity index is 1500. The molecule has 0 spiro atoms. The van der Waals surface area contributed by atoms with Crippen LogP contribution in [0.5, 0.6) is 5.75 Å². The number of hydroxylamine groups is 1. The molecule has 226 valence electrons. The van der Waals surface area contributed by atoms with Crippen molar-refractivity contribution in [1.82, 2.24) is 14.9 Å². The molecule has 1 amide bonds. The van der Waals surface area contributed by atoms with Crippen molar-refractivity contribution in [3.05, 3.63) is 72.6 Å². The van der Waals surface area contributed by atoms with Gasteiger partial charge in [0.05, 0.1) is 56.1 Å². The Morgan fingerprint density at radius 3 is 2.65 bits per heavy atom. The first-order valence-corrected chi connectivity index (χ1v) is 14.1. The van der Waals surface area contributed by atoms with Gasteiger partial charge in [-0.15, -0.1) is 0 Å². The summed E-state index contributed by atoms with van der Waals surface area (Å²) in [5.41, 5.74) is 2.16. The van der Waals surface area contributed by atoms with Gasteiger partial charge in [0.1, 0.15) is 17.9 Å². The fourth-order valence-corrected chi connectivity index (χ4v) is 5.57. The zero-order valence-corrected chi connectivity index (χ0v) is 23.8. The number of halogens is 2. The normalized spacial score (nSPS) is 19.2. The summed E-state index contributed by atoms with van der Waals surface area (Å²) in [6, 6.07) is 9.32. The van der Waals surface area contributed by atoms with Gasteiger partial charge in [-0.25, -0.2) is 23.8 Å². The molecule has 4 heterocycles. The summed E-state index contributed by atoms with van der Waals surface area (Å²) in [5, 5.41) is 7.65. The van der Waals surface area contributed by atoms with Crippen molar-refractivity contribution >= 4 is 34.6 Å². The van der Waals surface area contributed by atoms with Crippen LogP contribution in [0.2, 0.25) is 0 Å². The van der Waals surface area contributed by atoms with E-state index < -0.39 is 17.7 Å². The Hall–Kier alpha value is -4.33. The molecule has 1 atom stereocenters. The number of hydrogen-bond acceptors (Lipinski definition) is 10. The number of carbonyl (C=O) groups excluding carboxylic acids is 1. The molecule has 3 aliphatic heterocycles. The van der Waals surface area contributed by atoms with E-state index >= 15 is 0 Å². The number of aromatic nitrogens is 2. The van der Waals surface area contributed by atoms with Gasteiger partial charge >= 0.3 is 0 Å². The third kappa shape index (κ3) is 5.96. The van der Waals surface area contributed by atoms with E-state index in [2.05, 4.69) is 37.0 Å². The van der Waals surface area contributed by atoms with E-state index in [1.165, 1.54) is 29.6 Å². The molecule has 3 saturated heterocycles. The molecule has 43 heavy (non-hydrogen) atoms. The molecule has 2 N–H and O–H groups in total. The summed E-state index contributed by atoms with van der Waals surface area (Å²) < 4.78 is 39.7. The number of amides is 1. The number of ether oxygens (including phenoxy) is 2. The predicted octanol–water partition coefficient (Wildman–Crippen LogP) is 4.04. The number of nitrogens with zero attached hydrogens (tertiary/aromatic N) is 5. The maximum absolute atomic E-state index is 14.6. The summed E-state index contributed by atoms with van der Waals surface area (Å²) in [4.78, 5) is 31.5. The van der Waals surface area contributed by atoms with Crippen LogP contribution in [0.1, 0.15) is 18.0 Å². The van der Waals surface area contributed by atoms with Crippen molar-refractivity contribution in [1.29, 1.82) is 0 Å². The Kier molecular flexibility index (Phi) is 8.36. The minimum atomic E-state index is -0.917. The highest BCUT2D eigenvalue weighted by molar-refractivity contribution is 6.02. The molecule has 0 unspecified atom stereocenters. The number of nitrogens with one attached hydrogen (secondary N) is 2. The highest BCUT2D eigenvalue weighted by atomic mass is 19.2. The number of piperazine rings is 1. The second-order valence-electron chi connectivity index (χ2n) is 10.5. The van der Waals surface area contributed by atoms with Gasteiger partial charge in [0.25, 0.3) is 0 Å². The molecule has 3 fully saturated rings. The monoisotopic (exact) mass is 593 g/mol. The Labute approximate surface area is 248 Å². The first kappa shape index (κ1) is 28.8. The topological polar surface area (TPSA) is 104 Å². The van der Waals surface area contributed by atoms with E-state index in [4.69, 9.17) is 14.3 Å². The van der Waals surface area contributed by atoms with Crippen LogP contribution in [0.15, 0.2) is 55.4 Å². The molecule has 6 rings (SSSR count). The zero-order chi connectivity index (χ0) is 29.9. The number of rotatable bonds is 9. The molecular formula is C30H33F2N7O4. The number of methoxy groups -OCH3 is 1. The van der Waals surface area contributed by atoms with E-state index in [9.17, 15) is 13.6 Å². The van der Waals surface area contributed by atoms with E-state index in [-0.39, 0.29) is 11.5 Å². The van der Waals surface area contributed by atoms with Gasteiger partial charge in [0, 0.05) is 50.3 Å². The molecule has 0 aliphatic carbocycles. The molecule has 2 aromatic carbocycles. The zero-order valence-electron chi connectivity index (χ0n) is 23.8. The van der Waals surface area contributed by atoms with E-state index in [0.29, 0.717) is 47.8 Å². The van der Waals surface area contributed by atoms with Crippen molar-refractivity contribution in [3.63, 3.8) is 0 Å². The van der Waals surface area contributed by atoms with E-state index in [1.807, 2.05) is 6.07 Å². The van der Waals surface area contributed by atoms with Crippen LogP contribution in [0.25, 0.3) is 0 Å². The van der Waals surface area contributed by atoms with Crippen LogP contribution in [0.4, 0.5) is 37.5 Å². The lowest BCUT2D eigenvalue weighted by Gasteiger charge is -2.43. The molecule has 0 bridgehead atoms. The minimum Gasteiger partial charge on any atom is -0.494 e. The number of benzene rings is 2. The average molecular weight is 594 g/mol. The summed E-state index contributed by atoms with van der Waals surface area (Å²) >= 11 is 0. The van der Waals surface area contributed by atoms with Crippen LogP contribution in [0, 0.1) is 11.6 Å². The highest BCUT2D eigenvalue weighted by Crippen LogP contribution is 2.40. The minimum absolute atomic E-state index is 0.187. The van der Waals surface area contributed by atoms with Gasteiger partial charge in [-0.3, -0.25) is 14.5 Å². The Balaban J connectivity index is 1.26. The first-order chi connectivity index (χ1) is 20.9. The molecule has 0 saturated carbocycles. The van der Waals surface area contributed by atoms with Crippen molar-refractivity contribution in [2.24, 2.45) is 0 Å². The molecule has 0 radical (unpaired) electrons. The fourth-order valence-electron chi connectivity index (χ4n) is 5.57. The largest absolute Gasteiger partial charge is 0.494 e. The second kappa shape index (κ2) is 12.5. The Morgan fingerprint density at radius 1 is 1.12 bits per heavy atom. The number of anilines is 5. The first-order valence-electron chi connectivity index (χ1n) is 14.1. The lowest BCUT2D eigenvalue weighted by atomic mass is 10.0. The average Bonchev–Trinajstić information content (AvgIpc) is 3.48. The van der Waals surface area contributed by atoms with Crippen molar-refractivity contribution in [2.75, 3.05) is 73.7 Å². The third-order valence-corrected chi connectivity index (χ3v) is 7.94. The molecule has 3 aliphatic rings. The third-order valence-electron chi connectivity index (χ3n) is 7.94. The molecule has 13 heteroatoms. The van der Waals surface area contributed by atoms with Gasteiger partial charge in [-0.1, -0.05) is 18.7 Å². The van der Waals surface area contributed by atoms with E-state index in [0.717, 1.165) is 51.1 Å². The Morgan fingerprint density at radius 2 is 1.93 bits per heavy atom. The van der Waals surface area contributed by atoms with Crippen molar-refractivity contribution in [2.45, 2.75) is 18.5 Å². The van der Waals surface area contributed by atoms with Crippen molar-refractivity contribution < 1.29 is 27.9 Å². The van der Waals surface area contributed by atoms with E-state index in [1.54, 1.807) is 19.2 Å². The highest BCUT2D eigenvalue weighted by Gasteiger charge is 2.33. The lowest BCUT2D eigenvalue weighted by Crippen LogP contribution is -2.56. The maximum atomic E-state index is 14.6. The summed E-state index contributed by atoms with van der Waals surface area (Å²) in [6.45, 7) is 8.77. The van der Waals surface area contributed by atoms with Gasteiger partial charge in [0.15, 0.2) is 17.5 Å². The summed E-state index contributed by atoms with van der Waals surface area (Å²) in [5.74, 6) is -0.851. The standard InChI is InChI=1S/C30H33F2N7O4/c1-3-29(40)36-22-13-23(26(41-2)14-25(22)38-10-8-37(9-11-38)19-16-42-17-19)35-27-15-28(34-18-33-27)39-24(7-12-43-39)20-5-4-6-21(31)30(20)32/h3-6,13-15,18-19,24H,1,7-12,16-17H2,2H3,(H,36,40)(H,33,34,35)/t24-/m1/s1. The lowest BCUT2D eigenvalue weighted by molar-refractivity contribution is -0.111. The predicted molar refractivity (Wildman–Crippen MR) is 158 cm³/mol. The molecule has 1 aromatic heterocycles. The second-order valence-corrected chi connectivity index (χ2v) is 10.5. The van der Waals surface area contributed by atoms with Crippen LogP contribution in [-0.2, 0) is 14.4 Å². The molecule has 11 nitrogen and oxygen atoms in total. The van der Waals surface area contributed by atoms with Crippen LogP contribution in [0.3, 0.4) is 0 Å². The number of hydrogen-bond donors (Lipinski definition) is 2. The van der Waals surface area contributed by atoms with Gasteiger partial charge in [-0.2, -0.15) is 0 Å². The SMILES string of the molecule is C=CC(=O)Nc1cc(Nc2cc(N3OCC[C@@H]3c3cccc(F)c3F)ncn2)c(OC)cc1N1CCN(C2COC2)CC1. The van der Waals surface area contributed by atoms with Crippen molar-refractivity contribution in [3.8, 4) is 5.75 Å². The smallest absolute Gasteiger partial charge is 0.247 e. The molecule has 3 aromatic rings. The van der Waals surface area contributed by atoms with Crippen LogP contribution < -0.4 is 25.3 Å². The molecular weight excluding hydrogens is 560 g/mol. The fraction of sp³-hybridized carbons (Fsp3) is 0.367. The summed E-state index contributed by atoms with van der Waals surface area (Å²) in [7, 11) is 1.57. The van der Waals surface area contributed by atoms with Gasteiger partial charge < -0.3 is 25.0 Å².